The van der Waals surface area contributed by atoms with Crippen molar-refractivity contribution in [3.05, 3.63) is 0 Å². The Morgan fingerprint density at radius 3 is 2.58 bits per heavy atom. The van der Waals surface area contributed by atoms with Crippen LogP contribution < -0.4 is 5.32 Å². The van der Waals surface area contributed by atoms with E-state index in [1.165, 1.54) is 0 Å². The molecule has 0 aromatic carbocycles. The zero-order valence-corrected chi connectivity index (χ0v) is 7.86. The van der Waals surface area contributed by atoms with Gasteiger partial charge in [-0.1, -0.05) is 0 Å². The van der Waals surface area contributed by atoms with E-state index in [2.05, 4.69) is 5.32 Å². The molecule has 2 atom stereocenters. The van der Waals surface area contributed by atoms with Crippen molar-refractivity contribution in [1.82, 2.24) is 5.32 Å². The summed E-state index contributed by atoms with van der Waals surface area (Å²) < 4.78 is 13.0. The van der Waals surface area contributed by atoms with Crippen LogP contribution in [0.4, 0.5) is 4.39 Å². The second-order valence-corrected chi connectivity index (χ2v) is 4.11. The lowest BCUT2D eigenvalue weighted by atomic mass is 10.2. The van der Waals surface area contributed by atoms with Crippen LogP contribution in [0.3, 0.4) is 0 Å². The minimum absolute atomic E-state index is 0.0311. The molecule has 12 heavy (non-hydrogen) atoms. The van der Waals surface area contributed by atoms with Crippen molar-refractivity contribution in [2.24, 2.45) is 5.92 Å². The number of halogens is 1. The summed E-state index contributed by atoms with van der Waals surface area (Å²) in [6.45, 7) is 5.36. The molecule has 0 aromatic heterocycles. The van der Waals surface area contributed by atoms with Gasteiger partial charge in [-0.2, -0.15) is 0 Å². The first-order valence-electron chi connectivity index (χ1n) is 4.40. The summed E-state index contributed by atoms with van der Waals surface area (Å²) in [6.07, 6.45) is 0.879. The summed E-state index contributed by atoms with van der Waals surface area (Å²) in [5, 5.41) is 2.75. The molecule has 1 N–H and O–H groups in total. The van der Waals surface area contributed by atoms with Gasteiger partial charge < -0.3 is 5.32 Å². The van der Waals surface area contributed by atoms with E-state index < -0.39 is 5.67 Å². The molecule has 0 heterocycles. The molecular formula is C9H16FNO. The summed E-state index contributed by atoms with van der Waals surface area (Å²) in [6, 6.07) is 0.155. The Bertz CT molecular complexity index is 189. The number of hydrogen-bond donors (Lipinski definition) is 1. The normalized spacial score (nSPS) is 33.6. The third kappa shape index (κ3) is 2.47. The van der Waals surface area contributed by atoms with E-state index >= 15 is 0 Å². The number of carbonyl (C=O) groups is 1. The molecular weight excluding hydrogens is 157 g/mol. The summed E-state index contributed by atoms with van der Waals surface area (Å²) >= 11 is 0. The van der Waals surface area contributed by atoms with Crippen molar-refractivity contribution in [3.8, 4) is 0 Å². The summed E-state index contributed by atoms with van der Waals surface area (Å²) in [5.41, 5.74) is -1.08. The Labute approximate surface area is 72.5 Å². The third-order valence-electron chi connectivity index (χ3n) is 2.22. The predicted octanol–water partition coefficient (Wildman–Crippen LogP) is 1.65. The van der Waals surface area contributed by atoms with Gasteiger partial charge >= 0.3 is 0 Å². The lowest BCUT2D eigenvalue weighted by Crippen LogP contribution is -2.30. The smallest absolute Gasteiger partial charge is 0.220 e. The van der Waals surface area contributed by atoms with Gasteiger partial charge in [-0.05, 0) is 27.2 Å². The molecule has 1 aliphatic carbocycles. The maximum absolute atomic E-state index is 13.0. The Morgan fingerprint density at radius 2 is 2.25 bits per heavy atom. The van der Waals surface area contributed by atoms with E-state index in [1.807, 2.05) is 13.8 Å². The fourth-order valence-electron chi connectivity index (χ4n) is 1.31. The van der Waals surface area contributed by atoms with Crippen LogP contribution in [-0.2, 0) is 4.79 Å². The maximum atomic E-state index is 13.0. The first-order chi connectivity index (χ1) is 5.42. The highest BCUT2D eigenvalue weighted by molar-refractivity contribution is 5.77. The van der Waals surface area contributed by atoms with Crippen molar-refractivity contribution >= 4 is 5.91 Å². The minimum Gasteiger partial charge on any atom is -0.354 e. The minimum atomic E-state index is -1.08. The zero-order chi connectivity index (χ0) is 9.35. The number of alkyl halides is 1. The molecule has 0 aromatic rings. The maximum Gasteiger partial charge on any atom is 0.220 e. The van der Waals surface area contributed by atoms with Gasteiger partial charge in [0.1, 0.15) is 5.67 Å². The summed E-state index contributed by atoms with van der Waals surface area (Å²) in [7, 11) is 0. The number of rotatable bonds is 3. The lowest BCUT2D eigenvalue weighted by molar-refractivity contribution is -0.122. The molecule has 1 amide bonds. The van der Waals surface area contributed by atoms with Crippen molar-refractivity contribution in [1.29, 1.82) is 0 Å². The molecule has 0 aliphatic heterocycles. The van der Waals surface area contributed by atoms with Crippen molar-refractivity contribution in [3.63, 3.8) is 0 Å². The number of amides is 1. The van der Waals surface area contributed by atoms with Crippen LogP contribution in [0.2, 0.25) is 0 Å². The number of carbonyl (C=O) groups excluding carboxylic acids is 1. The second kappa shape index (κ2) is 3.04. The number of nitrogens with one attached hydrogen (secondary N) is 1. The standard InChI is InChI=1S/C9H16FNO/c1-6(2)11-8(12)4-7-5-9(7,3)10/h6-7H,4-5H2,1-3H3,(H,11,12). The number of hydrogen-bond acceptors (Lipinski definition) is 1. The van der Waals surface area contributed by atoms with Gasteiger partial charge in [0.15, 0.2) is 0 Å². The average Bonchev–Trinajstić information content (AvgIpc) is 2.35. The van der Waals surface area contributed by atoms with E-state index in [4.69, 9.17) is 0 Å². The quantitative estimate of drug-likeness (QED) is 0.690. The molecule has 2 unspecified atom stereocenters. The highest BCUT2D eigenvalue weighted by Crippen LogP contribution is 2.48. The Balaban J connectivity index is 2.21. The molecule has 70 valence electrons. The molecule has 0 radical (unpaired) electrons. The molecule has 3 heteroatoms. The van der Waals surface area contributed by atoms with Gasteiger partial charge in [-0.3, -0.25) is 4.79 Å². The average molecular weight is 173 g/mol. The van der Waals surface area contributed by atoms with Crippen LogP contribution in [-0.4, -0.2) is 17.6 Å². The van der Waals surface area contributed by atoms with Crippen LogP contribution >= 0.6 is 0 Å². The van der Waals surface area contributed by atoms with Gasteiger partial charge in [0.25, 0.3) is 0 Å². The fourth-order valence-corrected chi connectivity index (χ4v) is 1.31. The molecule has 1 aliphatic rings. The zero-order valence-electron chi connectivity index (χ0n) is 7.86. The van der Waals surface area contributed by atoms with Gasteiger partial charge in [0.05, 0.1) is 0 Å². The van der Waals surface area contributed by atoms with Crippen LogP contribution in [0.1, 0.15) is 33.6 Å². The van der Waals surface area contributed by atoms with E-state index in [9.17, 15) is 9.18 Å². The third-order valence-corrected chi connectivity index (χ3v) is 2.22. The van der Waals surface area contributed by atoms with Crippen LogP contribution in [0, 0.1) is 5.92 Å². The van der Waals surface area contributed by atoms with Gasteiger partial charge in [-0.25, -0.2) is 4.39 Å². The first kappa shape index (κ1) is 9.49. The topological polar surface area (TPSA) is 29.1 Å². The van der Waals surface area contributed by atoms with Gasteiger partial charge in [0.2, 0.25) is 5.91 Å². The van der Waals surface area contributed by atoms with Gasteiger partial charge in [-0.15, -0.1) is 0 Å². The molecule has 1 rings (SSSR count). The molecule has 2 nitrogen and oxygen atoms in total. The van der Waals surface area contributed by atoms with Gasteiger partial charge in [0, 0.05) is 18.4 Å². The largest absolute Gasteiger partial charge is 0.354 e. The molecule has 1 fully saturated rings. The first-order valence-corrected chi connectivity index (χ1v) is 4.40. The highest BCUT2D eigenvalue weighted by atomic mass is 19.1. The van der Waals surface area contributed by atoms with E-state index in [-0.39, 0.29) is 17.9 Å². The van der Waals surface area contributed by atoms with Crippen LogP contribution in [0.5, 0.6) is 0 Å². The van der Waals surface area contributed by atoms with Crippen LogP contribution in [0.15, 0.2) is 0 Å². The fraction of sp³-hybridized carbons (Fsp3) is 0.889. The van der Waals surface area contributed by atoms with Crippen molar-refractivity contribution in [2.75, 3.05) is 0 Å². The summed E-state index contributed by atoms with van der Waals surface area (Å²) in [5.74, 6) is -0.0763. The van der Waals surface area contributed by atoms with E-state index in [0.29, 0.717) is 12.8 Å². The Morgan fingerprint density at radius 1 is 1.75 bits per heavy atom. The van der Waals surface area contributed by atoms with Crippen molar-refractivity contribution in [2.45, 2.75) is 45.3 Å². The summed E-state index contributed by atoms with van der Waals surface area (Å²) in [4.78, 5) is 11.1. The Hall–Kier alpha value is -0.600. The molecule has 0 bridgehead atoms. The van der Waals surface area contributed by atoms with E-state index in [0.717, 1.165) is 0 Å². The monoisotopic (exact) mass is 173 g/mol. The predicted molar refractivity (Wildman–Crippen MR) is 45.5 cm³/mol. The highest BCUT2D eigenvalue weighted by Gasteiger charge is 2.51. The Kier molecular flexibility index (Phi) is 2.40. The van der Waals surface area contributed by atoms with Crippen molar-refractivity contribution < 1.29 is 9.18 Å². The lowest BCUT2D eigenvalue weighted by Gasteiger charge is -2.07. The molecule has 0 saturated heterocycles. The SMILES string of the molecule is CC(C)NC(=O)CC1CC1(C)F. The molecule has 0 spiro atoms. The molecule has 1 saturated carbocycles. The van der Waals surface area contributed by atoms with Crippen LogP contribution in [0.25, 0.3) is 0 Å². The van der Waals surface area contributed by atoms with E-state index in [1.54, 1.807) is 6.92 Å². The second-order valence-electron chi connectivity index (χ2n) is 4.11.